The maximum Gasteiger partial charge on any atom is 0.325 e. The van der Waals surface area contributed by atoms with E-state index in [1.54, 1.807) is 7.11 Å². The zero-order valence-electron chi connectivity index (χ0n) is 25.4. The minimum absolute atomic E-state index is 0.0718. The number of hydrogen-bond donors (Lipinski definition) is 2. The number of nitrogens with one attached hydrogen (secondary N) is 2. The number of aryl methyl sites for hydroxylation is 1. The molecule has 0 aliphatic carbocycles. The summed E-state index contributed by atoms with van der Waals surface area (Å²) in [5, 5.41) is 6.26. The van der Waals surface area contributed by atoms with E-state index in [0.29, 0.717) is 32.1 Å². The maximum atomic E-state index is 12.3. The van der Waals surface area contributed by atoms with Gasteiger partial charge in [-0.2, -0.15) is 0 Å². The van der Waals surface area contributed by atoms with Crippen molar-refractivity contribution in [3.05, 3.63) is 83.4 Å². The van der Waals surface area contributed by atoms with Crippen molar-refractivity contribution in [2.45, 2.75) is 38.0 Å². The van der Waals surface area contributed by atoms with Crippen molar-refractivity contribution in [2.75, 3.05) is 58.5 Å². The summed E-state index contributed by atoms with van der Waals surface area (Å²) < 4.78 is 28.6. The predicted octanol–water partition coefficient (Wildman–Crippen LogP) is 3.81. The third kappa shape index (κ3) is 8.21. The lowest BCUT2D eigenvalue weighted by atomic mass is 9.99. The van der Waals surface area contributed by atoms with Crippen LogP contribution < -0.4 is 29.7 Å². The monoisotopic (exact) mass is 603 g/mol. The van der Waals surface area contributed by atoms with E-state index in [0.717, 1.165) is 54.1 Å². The highest BCUT2D eigenvalue weighted by Gasteiger charge is 2.30. The fraction of sp³-hybridized carbons (Fsp3) is 0.412. The minimum Gasteiger partial charge on any atom is -0.496 e. The van der Waals surface area contributed by atoms with Crippen LogP contribution in [0.2, 0.25) is 0 Å². The molecule has 5 rings (SSSR count). The van der Waals surface area contributed by atoms with Crippen LogP contribution in [-0.4, -0.2) is 71.5 Å². The number of amides is 1. The topological polar surface area (TPSA) is 108 Å². The normalized spacial score (nSPS) is 16.8. The fourth-order valence-corrected chi connectivity index (χ4v) is 5.56. The van der Waals surface area contributed by atoms with Crippen LogP contribution in [0.5, 0.6) is 17.2 Å². The zero-order chi connectivity index (χ0) is 30.7. The molecule has 0 aromatic heterocycles. The molecule has 2 N–H and O–H groups in total. The highest BCUT2D eigenvalue weighted by Crippen LogP contribution is 2.34. The molecule has 2 heterocycles. The first-order chi connectivity index (χ1) is 21.5. The number of ether oxygens (including phenoxy) is 5. The van der Waals surface area contributed by atoms with E-state index in [2.05, 4.69) is 16.7 Å². The van der Waals surface area contributed by atoms with Crippen molar-refractivity contribution in [1.82, 2.24) is 10.6 Å². The second kappa shape index (κ2) is 15.4. The Morgan fingerprint density at radius 2 is 1.84 bits per heavy atom. The molecule has 44 heavy (non-hydrogen) atoms. The van der Waals surface area contributed by atoms with Gasteiger partial charge in [0.2, 0.25) is 5.91 Å². The summed E-state index contributed by atoms with van der Waals surface area (Å²) in [6.45, 7) is 3.38. The van der Waals surface area contributed by atoms with Gasteiger partial charge in [-0.25, -0.2) is 0 Å². The molecule has 2 aliphatic heterocycles. The largest absolute Gasteiger partial charge is 0.496 e. The number of para-hydroxylation sites is 1. The molecule has 3 aromatic carbocycles. The van der Waals surface area contributed by atoms with Crippen LogP contribution in [0.25, 0.3) is 0 Å². The Labute approximate surface area is 258 Å². The van der Waals surface area contributed by atoms with Gasteiger partial charge in [0.25, 0.3) is 0 Å². The van der Waals surface area contributed by atoms with Gasteiger partial charge in [-0.1, -0.05) is 36.4 Å². The minimum atomic E-state index is -0.445. The van der Waals surface area contributed by atoms with Crippen molar-refractivity contribution in [3.8, 4) is 17.2 Å². The van der Waals surface area contributed by atoms with E-state index in [4.69, 9.17) is 23.7 Å². The smallest absolute Gasteiger partial charge is 0.325 e. The highest BCUT2D eigenvalue weighted by molar-refractivity contribution is 5.79. The molecule has 0 saturated carbocycles. The van der Waals surface area contributed by atoms with Crippen LogP contribution in [0.3, 0.4) is 0 Å². The highest BCUT2D eigenvalue weighted by atomic mass is 16.5. The van der Waals surface area contributed by atoms with Crippen LogP contribution in [0.1, 0.15) is 35.6 Å². The molecule has 0 radical (unpaired) electrons. The van der Waals surface area contributed by atoms with Gasteiger partial charge in [0, 0.05) is 36.8 Å². The van der Waals surface area contributed by atoms with E-state index < -0.39 is 6.10 Å². The number of methoxy groups -OCH3 is 2. The number of benzene rings is 3. The number of nitrogens with zero attached hydrogens (tertiary/aromatic N) is 1. The number of carbonyl (C=O) groups excluding carboxylic acids is 2. The molecular formula is C34H41N3O7. The number of hydrogen-bond acceptors (Lipinski definition) is 9. The summed E-state index contributed by atoms with van der Waals surface area (Å²) in [5.41, 5.74) is 4.07. The van der Waals surface area contributed by atoms with Gasteiger partial charge in [0.15, 0.2) is 0 Å². The summed E-state index contributed by atoms with van der Waals surface area (Å²) in [6, 6.07) is 21.3. The van der Waals surface area contributed by atoms with Crippen molar-refractivity contribution < 1.29 is 33.3 Å². The van der Waals surface area contributed by atoms with Crippen LogP contribution in [-0.2, 0) is 32.1 Å². The number of carbonyl (C=O) groups is 2. The van der Waals surface area contributed by atoms with Crippen molar-refractivity contribution >= 4 is 17.6 Å². The molecule has 10 heteroatoms. The van der Waals surface area contributed by atoms with Crippen molar-refractivity contribution in [2.24, 2.45) is 0 Å². The number of fused-ring (bicyclic) bond motifs is 1. The number of esters is 1. The molecule has 1 saturated heterocycles. The standard InChI is InChI=1S/C34H41N3O7/c1-40-31-9-4-3-7-26(31)23-42-17-6-18-43-27-13-11-25(12-14-27)34(29-20-35-21-32(38)36-29)44-28-15-10-24-8-5-16-37(30(24)19-28)22-33(39)41-2/h3-4,7,9-15,19,29,34-35H,5-6,8,16-18,20-23H2,1-2H3,(H,36,38)/t29-,34?/m1/s1. The van der Waals surface area contributed by atoms with Gasteiger partial charge in [0.05, 0.1) is 46.6 Å². The van der Waals surface area contributed by atoms with E-state index >= 15 is 0 Å². The van der Waals surface area contributed by atoms with Gasteiger partial charge in [-0.05, 0) is 48.2 Å². The molecule has 234 valence electrons. The van der Waals surface area contributed by atoms with Gasteiger partial charge in [-0.15, -0.1) is 0 Å². The average Bonchev–Trinajstić information content (AvgIpc) is 3.06. The zero-order valence-corrected chi connectivity index (χ0v) is 25.4. The Morgan fingerprint density at radius 3 is 2.64 bits per heavy atom. The van der Waals surface area contributed by atoms with E-state index in [1.165, 1.54) is 12.7 Å². The lowest BCUT2D eigenvalue weighted by Crippen LogP contribution is -2.55. The lowest BCUT2D eigenvalue weighted by Gasteiger charge is -2.34. The third-order valence-electron chi connectivity index (χ3n) is 7.80. The molecule has 1 unspecified atom stereocenters. The lowest BCUT2D eigenvalue weighted by molar-refractivity contribution is -0.139. The molecule has 2 aliphatic rings. The van der Waals surface area contributed by atoms with Gasteiger partial charge in [0.1, 0.15) is 29.9 Å². The summed E-state index contributed by atoms with van der Waals surface area (Å²) in [7, 11) is 3.06. The Kier molecular flexibility index (Phi) is 10.9. The third-order valence-corrected chi connectivity index (χ3v) is 7.80. The Morgan fingerprint density at radius 1 is 1.02 bits per heavy atom. The van der Waals surface area contributed by atoms with Crippen LogP contribution >= 0.6 is 0 Å². The van der Waals surface area contributed by atoms with Gasteiger partial charge in [-0.3, -0.25) is 9.59 Å². The average molecular weight is 604 g/mol. The molecule has 1 amide bonds. The molecule has 0 bridgehead atoms. The molecule has 2 atom stereocenters. The van der Waals surface area contributed by atoms with Gasteiger partial charge >= 0.3 is 5.97 Å². The van der Waals surface area contributed by atoms with E-state index in [1.807, 2.05) is 65.6 Å². The predicted molar refractivity (Wildman–Crippen MR) is 166 cm³/mol. The van der Waals surface area contributed by atoms with Crippen LogP contribution in [0.15, 0.2) is 66.7 Å². The molecule has 10 nitrogen and oxygen atoms in total. The second-order valence-electron chi connectivity index (χ2n) is 10.9. The molecular weight excluding hydrogens is 562 g/mol. The Hall–Kier alpha value is -4.28. The van der Waals surface area contributed by atoms with E-state index in [9.17, 15) is 9.59 Å². The van der Waals surface area contributed by atoms with E-state index in [-0.39, 0.29) is 31.0 Å². The van der Waals surface area contributed by atoms with Crippen molar-refractivity contribution in [3.63, 3.8) is 0 Å². The maximum absolute atomic E-state index is 12.3. The summed E-state index contributed by atoms with van der Waals surface area (Å²) in [5.74, 6) is 1.88. The first-order valence-electron chi connectivity index (χ1n) is 15.1. The Balaban J connectivity index is 1.21. The quantitative estimate of drug-likeness (QED) is 0.210. The second-order valence-corrected chi connectivity index (χ2v) is 10.9. The van der Waals surface area contributed by atoms with Crippen LogP contribution in [0, 0.1) is 0 Å². The summed E-state index contributed by atoms with van der Waals surface area (Å²) >= 11 is 0. The van der Waals surface area contributed by atoms with Gasteiger partial charge < -0.3 is 39.2 Å². The summed E-state index contributed by atoms with van der Waals surface area (Å²) in [4.78, 5) is 26.3. The van der Waals surface area contributed by atoms with Crippen molar-refractivity contribution in [1.29, 1.82) is 0 Å². The Bertz CT molecular complexity index is 1400. The fourth-order valence-electron chi connectivity index (χ4n) is 5.56. The number of piperazine rings is 1. The number of anilines is 1. The SMILES string of the molecule is COC(=O)CN1CCCc2ccc(OC(c3ccc(OCCCOCc4ccccc4OC)cc3)[C@H]3CNCC(=O)N3)cc21. The molecule has 3 aromatic rings. The molecule has 1 fully saturated rings. The first-order valence-corrected chi connectivity index (χ1v) is 15.1. The van der Waals surface area contributed by atoms with Crippen LogP contribution in [0.4, 0.5) is 5.69 Å². The summed E-state index contributed by atoms with van der Waals surface area (Å²) in [6.07, 6.45) is 2.21. The molecule has 0 spiro atoms. The number of rotatable bonds is 14. The first kappa shape index (κ1) is 31.2.